The van der Waals surface area contributed by atoms with Crippen LogP contribution in [0.25, 0.3) is 10.9 Å². The summed E-state index contributed by atoms with van der Waals surface area (Å²) in [5, 5.41) is 4.24. The van der Waals surface area contributed by atoms with Crippen molar-refractivity contribution in [3.05, 3.63) is 70.3 Å². The Bertz CT molecular complexity index is 1210. The summed E-state index contributed by atoms with van der Waals surface area (Å²) in [6.45, 7) is 3.02. The van der Waals surface area contributed by atoms with Crippen molar-refractivity contribution in [2.24, 2.45) is 21.9 Å². The second-order valence-corrected chi connectivity index (χ2v) is 8.39. The van der Waals surface area contributed by atoms with Crippen LogP contribution in [0.2, 0.25) is 0 Å². The van der Waals surface area contributed by atoms with Crippen molar-refractivity contribution in [2.45, 2.75) is 19.3 Å². The summed E-state index contributed by atoms with van der Waals surface area (Å²) in [5.41, 5.74) is 1.24. The number of rotatable bonds is 7. The summed E-state index contributed by atoms with van der Waals surface area (Å²) in [6, 6.07) is 13.1. The van der Waals surface area contributed by atoms with Crippen LogP contribution in [-0.4, -0.2) is 48.6 Å². The number of H-pyrrole nitrogens is 1. The maximum atomic E-state index is 13.6. The van der Waals surface area contributed by atoms with Gasteiger partial charge in [-0.2, -0.15) is 5.10 Å². The number of aromatic amines is 1. The zero-order chi connectivity index (χ0) is 23.2. The molecule has 33 heavy (non-hydrogen) atoms. The molecule has 0 atom stereocenters. The lowest BCUT2D eigenvalue weighted by Crippen LogP contribution is -2.30. The highest BCUT2D eigenvalue weighted by Crippen LogP contribution is 2.22. The third kappa shape index (κ3) is 5.84. The van der Waals surface area contributed by atoms with E-state index in [2.05, 4.69) is 27.0 Å². The third-order valence-corrected chi connectivity index (χ3v) is 6.03. The lowest BCUT2D eigenvalue weighted by molar-refractivity contribution is 0.187. The Morgan fingerprint density at radius 2 is 1.97 bits per heavy atom. The molecule has 1 aliphatic rings. The van der Waals surface area contributed by atoms with E-state index in [1.54, 1.807) is 6.07 Å². The van der Waals surface area contributed by atoms with E-state index in [4.69, 9.17) is 10.6 Å². The fraction of sp³-hybridized carbons (Fsp3) is 0.320. The Labute approximate surface area is 191 Å². The van der Waals surface area contributed by atoms with Crippen LogP contribution in [0, 0.1) is 11.7 Å². The van der Waals surface area contributed by atoms with Gasteiger partial charge in [-0.3, -0.25) is 9.79 Å². The molecule has 4 rings (SSSR count). The Kier molecular flexibility index (Phi) is 7.14. The molecular formula is C25H28FN5O2. The molecule has 8 heteroatoms. The van der Waals surface area contributed by atoms with E-state index < -0.39 is 5.82 Å². The van der Waals surface area contributed by atoms with Crippen LogP contribution in [0.4, 0.5) is 10.1 Å². The summed E-state index contributed by atoms with van der Waals surface area (Å²) in [7, 11) is 2.17. The number of pyridine rings is 1. The number of ether oxygens (including phenoxy) is 1. The molecule has 0 bridgehead atoms. The second-order valence-electron chi connectivity index (χ2n) is 8.39. The molecule has 2 heterocycles. The molecule has 0 aliphatic carbocycles. The average Bonchev–Trinajstić information content (AvgIpc) is 2.82. The summed E-state index contributed by atoms with van der Waals surface area (Å²) >= 11 is 0. The summed E-state index contributed by atoms with van der Waals surface area (Å²) < 4.78 is 19.4. The van der Waals surface area contributed by atoms with Gasteiger partial charge in [0, 0.05) is 10.9 Å². The first-order valence-corrected chi connectivity index (χ1v) is 11.1. The first-order chi connectivity index (χ1) is 16.0. The van der Waals surface area contributed by atoms with Crippen molar-refractivity contribution < 1.29 is 9.13 Å². The smallest absolute Gasteiger partial charge is 0.258 e. The van der Waals surface area contributed by atoms with Gasteiger partial charge in [0.15, 0.2) is 0 Å². The van der Waals surface area contributed by atoms with E-state index in [-0.39, 0.29) is 16.8 Å². The first-order valence-electron chi connectivity index (χ1n) is 11.1. The van der Waals surface area contributed by atoms with Crippen molar-refractivity contribution in [2.75, 3.05) is 26.7 Å². The van der Waals surface area contributed by atoms with Crippen LogP contribution < -0.4 is 16.1 Å². The maximum absolute atomic E-state index is 13.6. The standard InChI is InChI=1S/C25H28FN5O2/c1-31-11-8-17(9-12-31)10-13-33-21-5-3-20(4-6-21)28-16-24(30-27)22-15-18-14-19(26)2-7-23(18)29-25(22)32/h2-7,14-17H,8-13,27H2,1H3,(H,29,32). The SMILES string of the molecule is CN1CCC(CCOc2ccc(N=CC(=NN)c3cc4cc(F)ccc4[nH]c3=O)cc2)CC1. The Morgan fingerprint density at radius 3 is 2.70 bits per heavy atom. The minimum atomic E-state index is -0.394. The van der Waals surface area contributed by atoms with Gasteiger partial charge in [0.25, 0.3) is 5.56 Å². The summed E-state index contributed by atoms with van der Waals surface area (Å²) in [5.74, 6) is 6.64. The molecular weight excluding hydrogens is 421 g/mol. The van der Waals surface area contributed by atoms with Crippen molar-refractivity contribution in [1.82, 2.24) is 9.88 Å². The number of hydrogen-bond acceptors (Lipinski definition) is 6. The minimum Gasteiger partial charge on any atom is -0.494 e. The topological polar surface area (TPSA) is 96.1 Å². The Hall–Kier alpha value is -3.52. The van der Waals surface area contributed by atoms with Crippen molar-refractivity contribution in [3.8, 4) is 5.75 Å². The second kappa shape index (κ2) is 10.4. The monoisotopic (exact) mass is 449 g/mol. The highest BCUT2D eigenvalue weighted by Gasteiger charge is 2.16. The molecule has 172 valence electrons. The Morgan fingerprint density at radius 1 is 1.21 bits per heavy atom. The van der Waals surface area contributed by atoms with Crippen molar-refractivity contribution in [1.29, 1.82) is 0 Å². The number of aromatic nitrogens is 1. The molecule has 2 aromatic carbocycles. The van der Waals surface area contributed by atoms with Crippen LogP contribution in [0.3, 0.4) is 0 Å². The molecule has 1 aromatic heterocycles. The minimum absolute atomic E-state index is 0.195. The largest absolute Gasteiger partial charge is 0.494 e. The highest BCUT2D eigenvalue weighted by atomic mass is 19.1. The number of halogens is 1. The first kappa shape index (κ1) is 22.7. The molecule has 3 aromatic rings. The van der Waals surface area contributed by atoms with Gasteiger partial charge in [-0.05, 0) is 93.8 Å². The van der Waals surface area contributed by atoms with E-state index in [9.17, 15) is 9.18 Å². The van der Waals surface area contributed by atoms with Gasteiger partial charge in [0.05, 0.1) is 24.1 Å². The zero-order valence-corrected chi connectivity index (χ0v) is 18.6. The van der Waals surface area contributed by atoms with Gasteiger partial charge in [0.1, 0.15) is 17.3 Å². The lowest BCUT2D eigenvalue weighted by atomic mass is 9.94. The average molecular weight is 450 g/mol. The molecule has 0 spiro atoms. The number of aliphatic imine (C=N–C) groups is 1. The third-order valence-electron chi connectivity index (χ3n) is 6.03. The van der Waals surface area contributed by atoms with E-state index in [1.165, 1.54) is 37.3 Å². The molecule has 0 saturated carbocycles. The number of fused-ring (bicyclic) bond motifs is 1. The van der Waals surface area contributed by atoms with Gasteiger partial charge in [-0.15, -0.1) is 0 Å². The van der Waals surface area contributed by atoms with Gasteiger partial charge in [-0.25, -0.2) is 4.39 Å². The van der Waals surface area contributed by atoms with Gasteiger partial charge in [-0.1, -0.05) is 0 Å². The summed E-state index contributed by atoms with van der Waals surface area (Å²) in [4.78, 5) is 21.9. The van der Waals surface area contributed by atoms with Gasteiger partial charge >= 0.3 is 0 Å². The van der Waals surface area contributed by atoms with Crippen LogP contribution in [0.1, 0.15) is 24.8 Å². The molecule has 3 N–H and O–H groups in total. The van der Waals surface area contributed by atoms with Crippen molar-refractivity contribution in [3.63, 3.8) is 0 Å². The molecule has 1 aliphatic heterocycles. The number of hydrazone groups is 1. The van der Waals surface area contributed by atoms with E-state index >= 15 is 0 Å². The number of piperidine rings is 1. The molecule has 0 amide bonds. The number of nitrogens with zero attached hydrogens (tertiary/aromatic N) is 3. The van der Waals surface area contributed by atoms with Crippen LogP contribution >= 0.6 is 0 Å². The molecule has 1 fully saturated rings. The number of hydrogen-bond donors (Lipinski definition) is 2. The lowest BCUT2D eigenvalue weighted by Gasteiger charge is -2.28. The van der Waals surface area contributed by atoms with E-state index in [0.29, 0.717) is 23.2 Å². The number of nitrogens with two attached hydrogens (primary N) is 1. The van der Waals surface area contributed by atoms with Gasteiger partial charge < -0.3 is 20.5 Å². The summed E-state index contributed by atoms with van der Waals surface area (Å²) in [6.07, 6.45) is 4.95. The van der Waals surface area contributed by atoms with Crippen LogP contribution in [0.5, 0.6) is 5.75 Å². The quantitative estimate of drug-likeness (QED) is 0.325. The predicted molar refractivity (Wildman–Crippen MR) is 130 cm³/mol. The number of benzene rings is 2. The Balaban J connectivity index is 1.38. The zero-order valence-electron chi connectivity index (χ0n) is 18.6. The van der Waals surface area contributed by atoms with Crippen molar-refractivity contribution >= 4 is 28.5 Å². The molecule has 0 radical (unpaired) electrons. The highest BCUT2D eigenvalue weighted by molar-refractivity contribution is 6.38. The number of nitrogens with one attached hydrogen (secondary N) is 1. The molecule has 7 nitrogen and oxygen atoms in total. The van der Waals surface area contributed by atoms with E-state index in [0.717, 1.165) is 31.2 Å². The van der Waals surface area contributed by atoms with Crippen LogP contribution in [0.15, 0.2) is 63.4 Å². The number of likely N-dealkylation sites (tertiary alicyclic amines) is 1. The van der Waals surface area contributed by atoms with E-state index in [1.807, 2.05) is 24.3 Å². The fourth-order valence-electron chi connectivity index (χ4n) is 4.00. The normalized spacial score (nSPS) is 16.0. The van der Waals surface area contributed by atoms with Gasteiger partial charge in [0.2, 0.25) is 0 Å². The molecule has 0 unspecified atom stereocenters. The maximum Gasteiger partial charge on any atom is 0.258 e. The van der Waals surface area contributed by atoms with Crippen LogP contribution in [-0.2, 0) is 0 Å². The predicted octanol–water partition coefficient (Wildman–Crippen LogP) is 3.84. The fourth-order valence-corrected chi connectivity index (χ4v) is 4.00. The molecule has 1 saturated heterocycles.